The number of fused-ring (bicyclic) bond motifs is 3. The van der Waals surface area contributed by atoms with E-state index in [2.05, 4.69) is 16.7 Å². The normalized spacial score (nSPS) is 37.5. The summed E-state index contributed by atoms with van der Waals surface area (Å²) in [5.74, 6) is 4.33. The van der Waals surface area contributed by atoms with Gasteiger partial charge in [-0.15, -0.1) is 0 Å². The Balaban J connectivity index is 1.27. The summed E-state index contributed by atoms with van der Waals surface area (Å²) in [6.45, 7) is 1.27. The number of hydrogen-bond donors (Lipinski definition) is 2. The number of morpholine rings is 1. The van der Waals surface area contributed by atoms with Gasteiger partial charge in [0.15, 0.2) is 0 Å². The molecule has 13 nitrogen and oxygen atoms in total. The first kappa shape index (κ1) is 50.2. The van der Waals surface area contributed by atoms with Crippen molar-refractivity contribution in [2.45, 2.75) is 222 Å². The number of ether oxygens (including phenoxy) is 4. The summed E-state index contributed by atoms with van der Waals surface area (Å²) in [7, 11) is 1.55. The standard InChI is InChI=1S/C55H85N3O10/c1-65-35-36-67-53(63)57-43-26-25-38(27-30-54(64)28-15-3-4-16-29-54)37-42(43)55(52(57)62)45(50(60)56-31-17-5-2-6-18-32-56)47-51(61)68-48(40-21-11-8-12-22-40)46(39-19-9-7-10-20-39)58(47)49(55)41-23-13-14-24-44(41)66-34-33-59/h38-49,59,64H,2-26,28-29,31-37H2,1H3/t38?,41?,42?,43?,44?,45-,46-,47-,48+,49+,55-/m1/s1. The molecular weight excluding hydrogens is 863 g/mol. The third-order valence-electron chi connectivity index (χ3n) is 18.9. The molecule has 68 heavy (non-hydrogen) atoms. The quantitative estimate of drug-likeness (QED) is 0.0949. The van der Waals surface area contributed by atoms with Crippen LogP contribution in [0.15, 0.2) is 0 Å². The molecule has 0 aromatic heterocycles. The van der Waals surface area contributed by atoms with Crippen LogP contribution in [-0.2, 0) is 33.3 Å². The lowest BCUT2D eigenvalue weighted by atomic mass is 9.55. The van der Waals surface area contributed by atoms with Crippen molar-refractivity contribution in [3.63, 3.8) is 0 Å². The second kappa shape index (κ2) is 22.8. The minimum atomic E-state index is -1.52. The Bertz CT molecular complexity index is 1790. The van der Waals surface area contributed by atoms with Crippen LogP contribution < -0.4 is 0 Å². The highest BCUT2D eigenvalue weighted by molar-refractivity contribution is 6.04. The van der Waals surface area contributed by atoms with Gasteiger partial charge in [-0.05, 0) is 114 Å². The molecule has 9 fully saturated rings. The van der Waals surface area contributed by atoms with E-state index >= 15 is 14.4 Å². The van der Waals surface area contributed by atoms with Crippen molar-refractivity contribution in [3.05, 3.63) is 0 Å². The molecule has 5 unspecified atom stereocenters. The number of hydrogen-bond acceptors (Lipinski definition) is 11. The lowest BCUT2D eigenvalue weighted by Gasteiger charge is -2.54. The van der Waals surface area contributed by atoms with Crippen LogP contribution in [0.5, 0.6) is 0 Å². The van der Waals surface area contributed by atoms with Crippen LogP contribution >= 0.6 is 0 Å². The number of imide groups is 1. The summed E-state index contributed by atoms with van der Waals surface area (Å²) in [6, 6.07) is -2.43. The average Bonchev–Trinajstić information content (AvgIpc) is 3.68. The highest BCUT2D eigenvalue weighted by Crippen LogP contribution is 2.66. The molecule has 4 heterocycles. The first-order valence-electron chi connectivity index (χ1n) is 28.0. The van der Waals surface area contributed by atoms with Gasteiger partial charge in [0.1, 0.15) is 24.4 Å². The topological polar surface area (TPSA) is 155 Å². The minimum absolute atomic E-state index is 0.0245. The molecule has 1 spiro atoms. The van der Waals surface area contributed by atoms with E-state index in [1.54, 1.807) is 7.11 Å². The van der Waals surface area contributed by atoms with E-state index in [0.717, 1.165) is 148 Å². The third-order valence-corrected chi connectivity index (χ3v) is 18.9. The molecule has 0 bridgehead atoms. The van der Waals surface area contributed by atoms with Crippen LogP contribution in [0.1, 0.15) is 180 Å². The minimum Gasteiger partial charge on any atom is -0.459 e. The maximum Gasteiger partial charge on any atom is 0.416 e. The number of aliphatic hydroxyl groups is 2. The van der Waals surface area contributed by atoms with Gasteiger partial charge in [-0.25, -0.2) is 9.69 Å². The van der Waals surface area contributed by atoms with Gasteiger partial charge in [0.2, 0.25) is 11.8 Å². The van der Waals surface area contributed by atoms with Crippen molar-refractivity contribution in [1.29, 1.82) is 0 Å². The Kier molecular flexibility index (Phi) is 16.8. The van der Waals surface area contributed by atoms with Gasteiger partial charge in [-0.2, -0.15) is 0 Å². The number of likely N-dealkylation sites (tertiary alicyclic amines) is 2. The zero-order valence-electron chi connectivity index (χ0n) is 41.5. The van der Waals surface area contributed by atoms with Crippen molar-refractivity contribution < 1.29 is 48.3 Å². The number of carbonyl (C=O) groups is 4. The van der Waals surface area contributed by atoms with Crippen LogP contribution in [0.2, 0.25) is 0 Å². The molecule has 0 aromatic carbocycles. The zero-order chi connectivity index (χ0) is 47.3. The summed E-state index contributed by atoms with van der Waals surface area (Å²) in [5, 5.41) is 22.1. The lowest BCUT2D eigenvalue weighted by Crippen LogP contribution is -2.67. The molecule has 9 aliphatic rings. The summed E-state index contributed by atoms with van der Waals surface area (Å²) in [5.41, 5.74) is -2.59. The van der Waals surface area contributed by atoms with Crippen molar-refractivity contribution in [2.75, 3.05) is 46.6 Å². The first-order chi connectivity index (χ1) is 33.2. The first-order valence-corrected chi connectivity index (χ1v) is 28.0. The summed E-state index contributed by atoms with van der Waals surface area (Å²) >= 11 is 0. The number of carbonyl (C=O) groups excluding carboxylic acids is 4. The number of esters is 1. The fourth-order valence-electron chi connectivity index (χ4n) is 15.9. The molecule has 0 radical (unpaired) electrons. The number of amides is 3. The molecule has 13 heteroatoms. The molecule has 5 saturated carbocycles. The lowest BCUT2D eigenvalue weighted by molar-refractivity contribution is -0.193. The number of cyclic esters (lactones) is 1. The number of nitrogens with zero attached hydrogens (tertiary/aromatic N) is 3. The molecule has 11 atom stereocenters. The average molecular weight is 948 g/mol. The molecule has 2 N–H and O–H groups in total. The Hall–Kier alpha value is -2.76. The summed E-state index contributed by atoms with van der Waals surface area (Å²) < 4.78 is 25.0. The second-order valence-corrected chi connectivity index (χ2v) is 22.8. The molecule has 4 saturated heterocycles. The van der Waals surface area contributed by atoms with Crippen molar-refractivity contribution in [2.24, 2.45) is 40.9 Å². The van der Waals surface area contributed by atoms with Crippen LogP contribution in [0, 0.1) is 52.8 Å². The van der Waals surface area contributed by atoms with Gasteiger partial charge < -0.3 is 34.1 Å². The van der Waals surface area contributed by atoms with Crippen molar-refractivity contribution in [3.8, 4) is 11.8 Å². The second-order valence-electron chi connectivity index (χ2n) is 22.8. The smallest absolute Gasteiger partial charge is 0.416 e. The predicted molar refractivity (Wildman–Crippen MR) is 256 cm³/mol. The Morgan fingerprint density at radius 3 is 2.07 bits per heavy atom. The van der Waals surface area contributed by atoms with Gasteiger partial charge in [-0.3, -0.25) is 19.3 Å². The summed E-state index contributed by atoms with van der Waals surface area (Å²) in [4.78, 5) is 69.8. The largest absolute Gasteiger partial charge is 0.459 e. The molecule has 5 aliphatic carbocycles. The maximum absolute atomic E-state index is 16.9. The molecule has 380 valence electrons. The number of rotatable bonds is 10. The van der Waals surface area contributed by atoms with Crippen LogP contribution in [0.3, 0.4) is 0 Å². The van der Waals surface area contributed by atoms with Crippen molar-refractivity contribution in [1.82, 2.24) is 14.7 Å². The van der Waals surface area contributed by atoms with E-state index < -0.39 is 58.9 Å². The van der Waals surface area contributed by atoms with E-state index in [9.17, 15) is 15.0 Å². The fraction of sp³-hybridized carbons (Fsp3) is 0.891. The molecule has 3 amide bonds. The molecule has 4 aliphatic heterocycles. The van der Waals surface area contributed by atoms with Gasteiger partial charge in [0, 0.05) is 44.1 Å². The SMILES string of the molecule is COCCOC(=O)N1C(=O)[C@@]2(C3CC(C#CC4(O)CCCCCC4)CCC31)[C@H](C1CCCCC1OCCO)N1[C@H](C3CCCCC3)[C@H](C3CCCCC3)OC(=O)[C@H]1[C@@H]2C(=O)N1CCCCCCC1. The highest BCUT2D eigenvalue weighted by Gasteiger charge is 2.80. The van der Waals surface area contributed by atoms with E-state index in [1.807, 2.05) is 4.90 Å². The number of methoxy groups -OCH3 is 1. The van der Waals surface area contributed by atoms with E-state index in [1.165, 1.54) is 4.90 Å². The molecule has 9 rings (SSSR count). The maximum atomic E-state index is 16.9. The zero-order valence-corrected chi connectivity index (χ0v) is 41.5. The van der Waals surface area contributed by atoms with Crippen LogP contribution in [0.25, 0.3) is 0 Å². The Morgan fingerprint density at radius 2 is 1.38 bits per heavy atom. The Labute approximate surface area is 406 Å². The fourth-order valence-corrected chi connectivity index (χ4v) is 15.9. The highest BCUT2D eigenvalue weighted by atomic mass is 16.6. The molecule has 0 aromatic rings. The van der Waals surface area contributed by atoms with E-state index in [4.69, 9.17) is 18.9 Å². The summed E-state index contributed by atoms with van der Waals surface area (Å²) in [6.07, 6.45) is 24.2. The molecular formula is C55H85N3O10. The van der Waals surface area contributed by atoms with E-state index in [0.29, 0.717) is 45.2 Å². The predicted octanol–water partition coefficient (Wildman–Crippen LogP) is 7.96. The monoisotopic (exact) mass is 948 g/mol. The third kappa shape index (κ3) is 9.91. The van der Waals surface area contributed by atoms with Crippen LogP contribution in [-0.4, -0.2) is 137 Å². The van der Waals surface area contributed by atoms with Crippen LogP contribution in [0.4, 0.5) is 4.79 Å². The van der Waals surface area contributed by atoms with Gasteiger partial charge in [-0.1, -0.05) is 95.3 Å². The van der Waals surface area contributed by atoms with Gasteiger partial charge in [0.25, 0.3) is 0 Å². The number of aliphatic hydroxyl groups excluding tert-OH is 1. The van der Waals surface area contributed by atoms with Gasteiger partial charge in [0.05, 0.1) is 43.3 Å². The van der Waals surface area contributed by atoms with E-state index in [-0.39, 0.29) is 74.3 Å². The van der Waals surface area contributed by atoms with Gasteiger partial charge >= 0.3 is 12.1 Å². The van der Waals surface area contributed by atoms with Crippen molar-refractivity contribution >= 4 is 23.9 Å². The Morgan fingerprint density at radius 1 is 0.750 bits per heavy atom.